The Morgan fingerprint density at radius 2 is 1.62 bits per heavy atom. The SMILES string of the molecule is O=c1[nH]c2ccccc2c(Cl)c1-c1nc2ccccc2[nH]1. The Balaban J connectivity index is 2.08. The molecule has 0 radical (unpaired) electrons. The van der Waals surface area contributed by atoms with E-state index in [1.807, 2.05) is 48.5 Å². The van der Waals surface area contributed by atoms with Crippen LogP contribution in [-0.2, 0) is 0 Å². The van der Waals surface area contributed by atoms with Crippen molar-refractivity contribution in [2.45, 2.75) is 0 Å². The van der Waals surface area contributed by atoms with Crippen molar-refractivity contribution in [3.8, 4) is 11.4 Å². The van der Waals surface area contributed by atoms with Gasteiger partial charge in [0, 0.05) is 10.9 Å². The molecule has 0 saturated carbocycles. The number of aromatic nitrogens is 3. The second kappa shape index (κ2) is 4.46. The first-order valence-corrected chi connectivity index (χ1v) is 6.87. The number of halogens is 1. The average Bonchev–Trinajstić information content (AvgIpc) is 2.90. The standard InChI is InChI=1S/C16H10ClN3O/c17-14-9-5-1-2-6-10(9)20-16(21)13(14)15-18-11-7-3-4-8-12(11)19-15/h1-8H,(H,18,19)(H,20,21). The quantitative estimate of drug-likeness (QED) is 0.562. The van der Waals surface area contributed by atoms with E-state index >= 15 is 0 Å². The number of aromatic amines is 2. The molecular formula is C16H10ClN3O. The number of benzene rings is 2. The molecule has 0 amide bonds. The van der Waals surface area contributed by atoms with Gasteiger partial charge in [0.05, 0.1) is 16.1 Å². The number of imidazole rings is 1. The summed E-state index contributed by atoms with van der Waals surface area (Å²) in [5.74, 6) is 0.480. The summed E-state index contributed by atoms with van der Waals surface area (Å²) in [6.07, 6.45) is 0. The lowest BCUT2D eigenvalue weighted by Gasteiger charge is -2.04. The van der Waals surface area contributed by atoms with E-state index in [1.165, 1.54) is 0 Å². The zero-order valence-electron chi connectivity index (χ0n) is 10.9. The van der Waals surface area contributed by atoms with Crippen LogP contribution in [0, 0.1) is 0 Å². The van der Waals surface area contributed by atoms with Gasteiger partial charge in [-0.2, -0.15) is 0 Å². The molecule has 2 N–H and O–H groups in total. The van der Waals surface area contributed by atoms with Gasteiger partial charge in [-0.25, -0.2) is 4.98 Å². The number of hydrogen-bond acceptors (Lipinski definition) is 2. The molecule has 2 aromatic heterocycles. The maximum absolute atomic E-state index is 12.3. The third-order valence-corrected chi connectivity index (χ3v) is 3.88. The number of rotatable bonds is 1. The Morgan fingerprint density at radius 1 is 0.905 bits per heavy atom. The highest BCUT2D eigenvalue weighted by atomic mass is 35.5. The fourth-order valence-electron chi connectivity index (χ4n) is 2.49. The van der Waals surface area contributed by atoms with Crippen molar-refractivity contribution >= 4 is 33.5 Å². The molecule has 0 fully saturated rings. The average molecular weight is 296 g/mol. The van der Waals surface area contributed by atoms with Crippen molar-refractivity contribution in [1.29, 1.82) is 0 Å². The topological polar surface area (TPSA) is 61.5 Å². The number of hydrogen-bond donors (Lipinski definition) is 2. The predicted molar refractivity (Wildman–Crippen MR) is 84.7 cm³/mol. The zero-order valence-corrected chi connectivity index (χ0v) is 11.6. The summed E-state index contributed by atoms with van der Waals surface area (Å²) in [5.41, 5.74) is 2.50. The van der Waals surface area contributed by atoms with E-state index in [2.05, 4.69) is 15.0 Å². The molecule has 0 unspecified atom stereocenters. The lowest BCUT2D eigenvalue weighted by Crippen LogP contribution is -2.10. The number of H-pyrrole nitrogens is 2. The molecule has 0 bridgehead atoms. The van der Waals surface area contributed by atoms with Crippen LogP contribution >= 0.6 is 11.6 Å². The van der Waals surface area contributed by atoms with Gasteiger partial charge >= 0.3 is 0 Å². The molecule has 0 saturated heterocycles. The van der Waals surface area contributed by atoms with Crippen molar-refractivity contribution in [3.63, 3.8) is 0 Å². The molecule has 21 heavy (non-hydrogen) atoms. The van der Waals surface area contributed by atoms with Crippen LogP contribution in [0.15, 0.2) is 53.3 Å². The van der Waals surface area contributed by atoms with Crippen LogP contribution in [0.25, 0.3) is 33.3 Å². The summed E-state index contributed by atoms with van der Waals surface area (Å²) in [6, 6.07) is 15.1. The van der Waals surface area contributed by atoms with Crippen molar-refractivity contribution < 1.29 is 0 Å². The fraction of sp³-hybridized carbons (Fsp3) is 0. The van der Waals surface area contributed by atoms with E-state index in [0.717, 1.165) is 16.4 Å². The van der Waals surface area contributed by atoms with Crippen LogP contribution in [0.4, 0.5) is 0 Å². The molecule has 0 spiro atoms. The van der Waals surface area contributed by atoms with Crippen molar-refractivity contribution in [1.82, 2.24) is 15.0 Å². The largest absolute Gasteiger partial charge is 0.338 e. The Labute approximate surface area is 124 Å². The highest BCUT2D eigenvalue weighted by Crippen LogP contribution is 2.29. The first kappa shape index (κ1) is 12.2. The lowest BCUT2D eigenvalue weighted by molar-refractivity contribution is 1.25. The minimum Gasteiger partial charge on any atom is -0.338 e. The van der Waals surface area contributed by atoms with Crippen LogP contribution in [-0.4, -0.2) is 15.0 Å². The van der Waals surface area contributed by atoms with E-state index < -0.39 is 0 Å². The molecule has 2 heterocycles. The fourth-order valence-corrected chi connectivity index (χ4v) is 2.83. The van der Waals surface area contributed by atoms with Gasteiger partial charge < -0.3 is 9.97 Å². The van der Waals surface area contributed by atoms with Gasteiger partial charge in [0.2, 0.25) is 0 Å². The minimum absolute atomic E-state index is 0.252. The van der Waals surface area contributed by atoms with Crippen LogP contribution in [0.5, 0.6) is 0 Å². The van der Waals surface area contributed by atoms with E-state index in [9.17, 15) is 4.79 Å². The molecule has 0 aliphatic carbocycles. The second-order valence-electron chi connectivity index (χ2n) is 4.79. The van der Waals surface area contributed by atoms with E-state index in [4.69, 9.17) is 11.6 Å². The molecule has 0 atom stereocenters. The Bertz CT molecular complexity index is 999. The third kappa shape index (κ3) is 1.84. The third-order valence-electron chi connectivity index (χ3n) is 3.48. The summed E-state index contributed by atoms with van der Waals surface area (Å²) >= 11 is 6.43. The molecule has 2 aromatic carbocycles. The number of nitrogens with zero attached hydrogens (tertiary/aromatic N) is 1. The van der Waals surface area contributed by atoms with Crippen LogP contribution in [0.2, 0.25) is 5.02 Å². The van der Waals surface area contributed by atoms with Crippen LogP contribution in [0.3, 0.4) is 0 Å². The molecule has 0 aliphatic rings. The van der Waals surface area contributed by atoms with Crippen molar-refractivity contribution in [2.75, 3.05) is 0 Å². The highest BCUT2D eigenvalue weighted by molar-refractivity contribution is 6.37. The number of fused-ring (bicyclic) bond motifs is 2. The molecule has 4 nitrogen and oxygen atoms in total. The van der Waals surface area contributed by atoms with Gasteiger partial charge in [-0.3, -0.25) is 4.79 Å². The van der Waals surface area contributed by atoms with E-state index in [1.54, 1.807) is 0 Å². The highest BCUT2D eigenvalue weighted by Gasteiger charge is 2.16. The minimum atomic E-state index is -0.252. The Hall–Kier alpha value is -2.59. The lowest BCUT2D eigenvalue weighted by atomic mass is 10.1. The monoisotopic (exact) mass is 295 g/mol. The predicted octanol–water partition coefficient (Wildman–Crippen LogP) is 3.72. The van der Waals surface area contributed by atoms with Crippen molar-refractivity contribution in [3.05, 3.63) is 63.9 Å². The second-order valence-corrected chi connectivity index (χ2v) is 5.17. The van der Waals surface area contributed by atoms with E-state index in [-0.39, 0.29) is 5.56 Å². The smallest absolute Gasteiger partial charge is 0.260 e. The molecular weight excluding hydrogens is 286 g/mol. The summed E-state index contributed by atoms with van der Waals surface area (Å²) < 4.78 is 0. The maximum Gasteiger partial charge on any atom is 0.260 e. The molecule has 102 valence electrons. The summed E-state index contributed by atoms with van der Waals surface area (Å²) in [5, 5.41) is 1.21. The first-order valence-electron chi connectivity index (χ1n) is 6.50. The summed E-state index contributed by atoms with van der Waals surface area (Å²) in [4.78, 5) is 22.8. The van der Waals surface area contributed by atoms with E-state index in [0.29, 0.717) is 21.9 Å². The van der Waals surface area contributed by atoms with Gasteiger partial charge in [-0.05, 0) is 18.2 Å². The molecule has 0 aliphatic heterocycles. The normalized spacial score (nSPS) is 11.3. The number of para-hydroxylation sites is 3. The number of pyridine rings is 1. The van der Waals surface area contributed by atoms with Crippen molar-refractivity contribution in [2.24, 2.45) is 0 Å². The van der Waals surface area contributed by atoms with Crippen LogP contribution in [0.1, 0.15) is 0 Å². The molecule has 4 aromatic rings. The zero-order chi connectivity index (χ0) is 14.4. The summed E-state index contributed by atoms with van der Waals surface area (Å²) in [6.45, 7) is 0. The van der Waals surface area contributed by atoms with Crippen LogP contribution < -0.4 is 5.56 Å². The first-order chi connectivity index (χ1) is 10.2. The van der Waals surface area contributed by atoms with Gasteiger partial charge in [-0.1, -0.05) is 41.9 Å². The summed E-state index contributed by atoms with van der Waals surface area (Å²) in [7, 11) is 0. The van der Waals surface area contributed by atoms with Gasteiger partial charge in [0.15, 0.2) is 0 Å². The maximum atomic E-state index is 12.3. The Morgan fingerprint density at radius 3 is 2.43 bits per heavy atom. The van der Waals surface area contributed by atoms with Gasteiger partial charge in [0.1, 0.15) is 11.4 Å². The number of nitrogens with one attached hydrogen (secondary N) is 2. The molecule has 4 rings (SSSR count). The van der Waals surface area contributed by atoms with Gasteiger partial charge in [-0.15, -0.1) is 0 Å². The Kier molecular flexibility index (Phi) is 2.59. The van der Waals surface area contributed by atoms with Gasteiger partial charge in [0.25, 0.3) is 5.56 Å². The molecule has 5 heteroatoms.